The second-order valence-electron chi connectivity index (χ2n) is 3.95. The maximum Gasteiger partial charge on any atom is 0.264 e. The zero-order valence-corrected chi connectivity index (χ0v) is 15.2. The topological polar surface area (TPSA) is 55.0 Å². The predicted molar refractivity (Wildman–Crippen MR) is 92.0 cm³/mol. The van der Waals surface area contributed by atoms with Crippen LogP contribution >= 0.6 is 50.3 Å². The van der Waals surface area contributed by atoms with Crippen molar-refractivity contribution in [1.29, 1.82) is 0 Å². The van der Waals surface area contributed by atoms with Crippen molar-refractivity contribution in [2.24, 2.45) is 0 Å². The van der Waals surface area contributed by atoms with E-state index in [9.17, 15) is 4.79 Å². The SMILES string of the molecule is COCc1nc(CSc2ccc(Br)cc2)[nH]c(=O)c1I. The van der Waals surface area contributed by atoms with Crippen LogP contribution in [0.4, 0.5) is 0 Å². The molecule has 7 heteroatoms. The van der Waals surface area contributed by atoms with E-state index in [1.54, 1.807) is 18.9 Å². The molecule has 0 spiro atoms. The van der Waals surface area contributed by atoms with E-state index in [0.717, 1.165) is 9.37 Å². The lowest BCUT2D eigenvalue weighted by molar-refractivity contribution is 0.180. The van der Waals surface area contributed by atoms with E-state index < -0.39 is 0 Å². The van der Waals surface area contributed by atoms with Crippen molar-refractivity contribution in [2.45, 2.75) is 17.3 Å². The number of H-pyrrole nitrogens is 1. The standard InChI is InChI=1S/C13H12BrIN2O2S/c1-19-6-10-12(15)13(18)17-11(16-10)7-20-9-4-2-8(14)3-5-9/h2-5H,6-7H2,1H3,(H,16,17,18). The first kappa shape index (κ1) is 16.0. The number of aromatic nitrogens is 2. The summed E-state index contributed by atoms with van der Waals surface area (Å²) in [4.78, 5) is 20.2. The third kappa shape index (κ3) is 4.31. The molecular formula is C13H12BrIN2O2S. The molecule has 0 saturated heterocycles. The van der Waals surface area contributed by atoms with E-state index in [-0.39, 0.29) is 5.56 Å². The molecule has 0 unspecified atom stereocenters. The average molecular weight is 467 g/mol. The number of hydrogen-bond donors (Lipinski definition) is 1. The normalized spacial score (nSPS) is 10.8. The fraction of sp³-hybridized carbons (Fsp3) is 0.231. The van der Waals surface area contributed by atoms with Crippen LogP contribution in [0, 0.1) is 3.57 Å². The van der Waals surface area contributed by atoms with Gasteiger partial charge in [-0.3, -0.25) is 4.79 Å². The summed E-state index contributed by atoms with van der Waals surface area (Å²) in [7, 11) is 1.59. The minimum absolute atomic E-state index is 0.112. The Morgan fingerprint density at radius 3 is 2.75 bits per heavy atom. The molecule has 106 valence electrons. The van der Waals surface area contributed by atoms with Crippen LogP contribution in [0.5, 0.6) is 0 Å². The maximum atomic E-state index is 11.8. The summed E-state index contributed by atoms with van der Waals surface area (Å²) < 4.78 is 6.69. The van der Waals surface area contributed by atoms with Gasteiger partial charge < -0.3 is 9.72 Å². The number of halogens is 2. The number of thioether (sulfide) groups is 1. The molecular weight excluding hydrogens is 455 g/mol. The van der Waals surface area contributed by atoms with Gasteiger partial charge in [0.1, 0.15) is 9.39 Å². The lowest BCUT2D eigenvalue weighted by Gasteiger charge is -2.06. The van der Waals surface area contributed by atoms with Gasteiger partial charge in [0.15, 0.2) is 0 Å². The molecule has 0 aliphatic carbocycles. The molecule has 0 saturated carbocycles. The summed E-state index contributed by atoms with van der Waals surface area (Å²) in [6.07, 6.45) is 0. The van der Waals surface area contributed by atoms with E-state index in [2.05, 4.69) is 25.9 Å². The molecule has 0 bridgehead atoms. The molecule has 0 aliphatic heterocycles. The van der Waals surface area contributed by atoms with Crippen LogP contribution in [0.2, 0.25) is 0 Å². The highest BCUT2D eigenvalue weighted by atomic mass is 127. The van der Waals surface area contributed by atoms with Gasteiger partial charge >= 0.3 is 0 Å². The third-order valence-corrected chi connectivity index (χ3v) is 5.12. The average Bonchev–Trinajstić information content (AvgIpc) is 2.44. The molecule has 2 rings (SSSR count). The van der Waals surface area contributed by atoms with Gasteiger partial charge in [0.2, 0.25) is 0 Å². The van der Waals surface area contributed by atoms with E-state index >= 15 is 0 Å². The van der Waals surface area contributed by atoms with Crippen LogP contribution in [0.25, 0.3) is 0 Å². The lowest BCUT2D eigenvalue weighted by Crippen LogP contribution is -2.18. The quantitative estimate of drug-likeness (QED) is 0.540. The summed E-state index contributed by atoms with van der Waals surface area (Å²) >= 11 is 7.02. The first-order chi connectivity index (χ1) is 9.60. The van der Waals surface area contributed by atoms with Crippen LogP contribution in [-0.4, -0.2) is 17.1 Å². The summed E-state index contributed by atoms with van der Waals surface area (Å²) in [5.74, 6) is 1.28. The van der Waals surface area contributed by atoms with Gasteiger partial charge in [0.05, 0.1) is 18.1 Å². The number of methoxy groups -OCH3 is 1. The van der Waals surface area contributed by atoms with E-state index in [4.69, 9.17) is 4.74 Å². The number of nitrogens with one attached hydrogen (secondary N) is 1. The van der Waals surface area contributed by atoms with Crippen LogP contribution in [-0.2, 0) is 17.1 Å². The molecule has 0 amide bonds. The number of aromatic amines is 1. The number of ether oxygens (including phenoxy) is 1. The Morgan fingerprint density at radius 1 is 1.40 bits per heavy atom. The Kier molecular flexibility index (Phi) is 6.06. The number of benzene rings is 1. The van der Waals surface area contributed by atoms with Crippen molar-refractivity contribution in [3.05, 3.63) is 54.2 Å². The molecule has 0 radical (unpaired) electrons. The van der Waals surface area contributed by atoms with Crippen molar-refractivity contribution >= 4 is 50.3 Å². The lowest BCUT2D eigenvalue weighted by atomic mass is 10.4. The highest BCUT2D eigenvalue weighted by molar-refractivity contribution is 14.1. The minimum Gasteiger partial charge on any atom is -0.378 e. The highest BCUT2D eigenvalue weighted by Crippen LogP contribution is 2.23. The highest BCUT2D eigenvalue weighted by Gasteiger charge is 2.09. The molecule has 0 atom stereocenters. The summed E-state index contributed by atoms with van der Waals surface area (Å²) in [5, 5.41) is 0. The Hall–Kier alpha value is -0.380. The van der Waals surface area contributed by atoms with Gasteiger partial charge in [-0.15, -0.1) is 11.8 Å². The number of hydrogen-bond acceptors (Lipinski definition) is 4. The Morgan fingerprint density at radius 2 is 2.10 bits per heavy atom. The fourth-order valence-electron chi connectivity index (χ4n) is 1.54. The molecule has 4 nitrogen and oxygen atoms in total. The van der Waals surface area contributed by atoms with Gasteiger partial charge in [-0.05, 0) is 46.9 Å². The monoisotopic (exact) mass is 466 g/mol. The molecule has 0 aliphatic rings. The zero-order valence-electron chi connectivity index (χ0n) is 10.7. The molecule has 20 heavy (non-hydrogen) atoms. The molecule has 2 aromatic rings. The van der Waals surface area contributed by atoms with Gasteiger partial charge in [0, 0.05) is 16.5 Å². The van der Waals surface area contributed by atoms with Crippen molar-refractivity contribution < 1.29 is 4.74 Å². The van der Waals surface area contributed by atoms with Gasteiger partial charge in [0.25, 0.3) is 5.56 Å². The van der Waals surface area contributed by atoms with Gasteiger partial charge in [-0.25, -0.2) is 4.98 Å². The predicted octanol–water partition coefficient (Wildman–Crippen LogP) is 3.58. The van der Waals surface area contributed by atoms with Crippen molar-refractivity contribution in [1.82, 2.24) is 9.97 Å². The van der Waals surface area contributed by atoms with E-state index in [1.807, 2.05) is 46.9 Å². The van der Waals surface area contributed by atoms with Crippen LogP contribution in [0.1, 0.15) is 11.5 Å². The third-order valence-electron chi connectivity index (χ3n) is 2.45. The fourth-order valence-corrected chi connectivity index (χ4v) is 2.98. The zero-order chi connectivity index (χ0) is 14.5. The summed E-state index contributed by atoms with van der Waals surface area (Å²) in [6, 6.07) is 8.02. The van der Waals surface area contributed by atoms with Crippen LogP contribution in [0.15, 0.2) is 38.4 Å². The summed E-state index contributed by atoms with van der Waals surface area (Å²) in [6.45, 7) is 0.345. The molecule has 1 heterocycles. The van der Waals surface area contributed by atoms with Crippen molar-refractivity contribution in [3.63, 3.8) is 0 Å². The Bertz CT molecular complexity index is 646. The van der Waals surface area contributed by atoms with E-state index in [0.29, 0.717) is 27.4 Å². The first-order valence-electron chi connectivity index (χ1n) is 5.75. The smallest absolute Gasteiger partial charge is 0.264 e. The van der Waals surface area contributed by atoms with Gasteiger partial charge in [-0.1, -0.05) is 15.9 Å². The van der Waals surface area contributed by atoms with E-state index in [1.165, 1.54) is 0 Å². The van der Waals surface area contributed by atoms with Crippen LogP contribution in [0.3, 0.4) is 0 Å². The van der Waals surface area contributed by atoms with Crippen molar-refractivity contribution in [2.75, 3.05) is 7.11 Å². The number of rotatable bonds is 5. The molecule has 1 aromatic carbocycles. The molecule has 0 fully saturated rings. The summed E-state index contributed by atoms with van der Waals surface area (Å²) in [5.41, 5.74) is 0.572. The first-order valence-corrected chi connectivity index (χ1v) is 8.60. The maximum absolute atomic E-state index is 11.8. The Labute approximate surface area is 143 Å². The Balaban J connectivity index is 2.13. The number of nitrogens with zero attached hydrogens (tertiary/aromatic N) is 1. The molecule has 1 N–H and O–H groups in total. The largest absolute Gasteiger partial charge is 0.378 e. The van der Waals surface area contributed by atoms with Gasteiger partial charge in [-0.2, -0.15) is 0 Å². The minimum atomic E-state index is -0.112. The van der Waals surface area contributed by atoms with Crippen molar-refractivity contribution in [3.8, 4) is 0 Å². The second kappa shape index (κ2) is 7.58. The van der Waals surface area contributed by atoms with Crippen LogP contribution < -0.4 is 5.56 Å². The molecule has 1 aromatic heterocycles. The second-order valence-corrected chi connectivity index (χ2v) is 6.99.